The van der Waals surface area contributed by atoms with E-state index in [1.165, 1.54) is 12.0 Å². The quantitative estimate of drug-likeness (QED) is 0.621. The predicted molar refractivity (Wildman–Crippen MR) is 99.1 cm³/mol. The van der Waals surface area contributed by atoms with Gasteiger partial charge in [-0.2, -0.15) is 5.26 Å². The van der Waals surface area contributed by atoms with Gasteiger partial charge in [0.25, 0.3) is 0 Å². The number of piperidine rings is 1. The highest BCUT2D eigenvalue weighted by Crippen LogP contribution is 2.39. The summed E-state index contributed by atoms with van der Waals surface area (Å²) in [5.41, 5.74) is 3.80. The van der Waals surface area contributed by atoms with Crippen molar-refractivity contribution in [3.63, 3.8) is 0 Å². The number of fused-ring (bicyclic) bond motifs is 2. The summed E-state index contributed by atoms with van der Waals surface area (Å²) in [5.74, 6) is 1.07. The lowest BCUT2D eigenvalue weighted by Gasteiger charge is -2.58. The van der Waals surface area contributed by atoms with Crippen LogP contribution in [0.1, 0.15) is 23.4 Å². The van der Waals surface area contributed by atoms with Crippen molar-refractivity contribution in [3.8, 4) is 6.07 Å². The molecule has 0 aromatic carbocycles. The third-order valence-corrected chi connectivity index (χ3v) is 5.72. The van der Waals surface area contributed by atoms with Gasteiger partial charge in [-0.05, 0) is 38.7 Å². The molecule has 2 aromatic heterocycles. The van der Waals surface area contributed by atoms with Crippen molar-refractivity contribution < 1.29 is 0 Å². The SMILES string of the molecule is CSc1nc(C)c(C)c(N2CC3CC(C2)N3c2ccnc(C#N)c2)n1. The fourth-order valence-electron chi connectivity index (χ4n) is 3.83. The first-order chi connectivity index (χ1) is 12.1. The topological polar surface area (TPSA) is 68.9 Å². The van der Waals surface area contributed by atoms with Crippen molar-refractivity contribution in [2.24, 2.45) is 0 Å². The smallest absolute Gasteiger partial charge is 0.189 e. The molecule has 2 atom stereocenters. The molecule has 2 bridgehead atoms. The molecule has 128 valence electrons. The molecule has 3 saturated heterocycles. The van der Waals surface area contributed by atoms with Gasteiger partial charge < -0.3 is 9.80 Å². The number of hydrogen-bond acceptors (Lipinski definition) is 7. The van der Waals surface area contributed by atoms with E-state index in [0.717, 1.165) is 35.4 Å². The minimum atomic E-state index is 0.458. The lowest BCUT2D eigenvalue weighted by atomic mass is 9.86. The molecule has 6 nitrogen and oxygen atoms in total. The number of piperazine rings is 1. The molecule has 3 aliphatic rings. The minimum Gasteiger partial charge on any atom is -0.362 e. The molecule has 2 unspecified atom stereocenters. The van der Waals surface area contributed by atoms with Gasteiger partial charge in [-0.15, -0.1) is 0 Å². The fourth-order valence-corrected chi connectivity index (χ4v) is 4.24. The van der Waals surface area contributed by atoms with Crippen LogP contribution in [0.15, 0.2) is 23.5 Å². The van der Waals surface area contributed by atoms with E-state index in [2.05, 4.69) is 39.7 Å². The molecule has 0 aliphatic carbocycles. The summed E-state index contributed by atoms with van der Waals surface area (Å²) in [7, 11) is 0. The van der Waals surface area contributed by atoms with Gasteiger partial charge >= 0.3 is 0 Å². The molecule has 2 aromatic rings. The molecule has 0 radical (unpaired) electrons. The first kappa shape index (κ1) is 16.2. The fraction of sp³-hybridized carbons (Fsp3) is 0.444. The number of pyridine rings is 1. The number of aromatic nitrogens is 3. The van der Waals surface area contributed by atoms with E-state index < -0.39 is 0 Å². The van der Waals surface area contributed by atoms with Gasteiger partial charge in [-0.1, -0.05) is 11.8 Å². The average molecular weight is 352 g/mol. The molecule has 25 heavy (non-hydrogen) atoms. The van der Waals surface area contributed by atoms with Crippen molar-refractivity contribution in [1.29, 1.82) is 5.26 Å². The van der Waals surface area contributed by atoms with Crippen LogP contribution in [-0.2, 0) is 0 Å². The van der Waals surface area contributed by atoms with Crippen molar-refractivity contribution >= 4 is 23.3 Å². The largest absolute Gasteiger partial charge is 0.362 e. The Morgan fingerprint density at radius 1 is 1.24 bits per heavy atom. The van der Waals surface area contributed by atoms with E-state index in [-0.39, 0.29) is 0 Å². The van der Waals surface area contributed by atoms with Crippen molar-refractivity contribution in [1.82, 2.24) is 15.0 Å². The van der Waals surface area contributed by atoms with E-state index in [4.69, 9.17) is 10.2 Å². The van der Waals surface area contributed by atoms with E-state index in [1.807, 2.05) is 18.4 Å². The second-order valence-corrected chi connectivity index (χ2v) is 7.38. The highest BCUT2D eigenvalue weighted by atomic mass is 32.2. The molecule has 0 amide bonds. The van der Waals surface area contributed by atoms with Gasteiger partial charge in [0, 0.05) is 48.3 Å². The summed E-state index contributed by atoms with van der Waals surface area (Å²) >= 11 is 1.59. The standard InChI is InChI=1S/C18H20N6S/c1-11-12(2)21-18(25-3)22-17(11)23-9-15-7-16(10-23)24(15)14-4-5-20-13(6-14)8-19/h4-6,15-16H,7,9-10H2,1-3H3. The van der Waals surface area contributed by atoms with Gasteiger partial charge in [-0.3, -0.25) is 0 Å². The van der Waals surface area contributed by atoms with E-state index in [0.29, 0.717) is 17.8 Å². The Kier molecular flexibility index (Phi) is 4.00. The zero-order valence-corrected chi connectivity index (χ0v) is 15.4. The Morgan fingerprint density at radius 3 is 2.68 bits per heavy atom. The number of anilines is 2. The number of rotatable bonds is 3. The van der Waals surface area contributed by atoms with Gasteiger partial charge in [0.1, 0.15) is 17.6 Å². The highest BCUT2D eigenvalue weighted by molar-refractivity contribution is 7.98. The molecule has 5 rings (SSSR count). The summed E-state index contributed by atoms with van der Waals surface area (Å²) in [5, 5.41) is 9.91. The maximum Gasteiger partial charge on any atom is 0.189 e. The van der Waals surface area contributed by atoms with E-state index in [9.17, 15) is 0 Å². The zero-order chi connectivity index (χ0) is 17.6. The summed E-state index contributed by atoms with van der Waals surface area (Å²) in [6.45, 7) is 6.06. The van der Waals surface area contributed by atoms with Crippen molar-refractivity contribution in [3.05, 3.63) is 35.3 Å². The third-order valence-electron chi connectivity index (χ3n) is 5.17. The van der Waals surface area contributed by atoms with Crippen LogP contribution >= 0.6 is 11.8 Å². The first-order valence-corrected chi connectivity index (χ1v) is 9.62. The number of nitriles is 1. The van der Waals surface area contributed by atoms with E-state index >= 15 is 0 Å². The molecule has 3 aliphatic heterocycles. The van der Waals surface area contributed by atoms with Gasteiger partial charge in [0.05, 0.1) is 0 Å². The summed E-state index contributed by atoms with van der Waals surface area (Å²) in [6.07, 6.45) is 4.93. The van der Waals surface area contributed by atoms with Crippen LogP contribution in [0, 0.1) is 25.2 Å². The summed E-state index contributed by atoms with van der Waals surface area (Å²) in [6, 6.07) is 6.94. The normalized spacial score (nSPS) is 21.7. The molecular formula is C18H20N6S. The third kappa shape index (κ3) is 2.71. The van der Waals surface area contributed by atoms with Crippen LogP contribution in [0.2, 0.25) is 0 Å². The van der Waals surface area contributed by atoms with E-state index in [1.54, 1.807) is 18.0 Å². The Hall–Kier alpha value is -2.33. The van der Waals surface area contributed by atoms with Crippen LogP contribution in [0.4, 0.5) is 11.5 Å². The average Bonchev–Trinajstić information content (AvgIpc) is 2.64. The molecule has 0 saturated carbocycles. The monoisotopic (exact) mass is 352 g/mol. The summed E-state index contributed by atoms with van der Waals surface area (Å²) < 4.78 is 0. The second-order valence-electron chi connectivity index (χ2n) is 6.61. The maximum absolute atomic E-state index is 9.08. The Balaban J connectivity index is 1.58. The Labute approximate surface area is 151 Å². The zero-order valence-electron chi connectivity index (χ0n) is 14.6. The van der Waals surface area contributed by atoms with Gasteiger partial charge in [-0.25, -0.2) is 15.0 Å². The molecule has 0 spiro atoms. The Morgan fingerprint density at radius 2 is 2.00 bits per heavy atom. The minimum absolute atomic E-state index is 0.458. The number of thioether (sulfide) groups is 1. The lowest BCUT2D eigenvalue weighted by molar-refractivity contribution is 0.290. The van der Waals surface area contributed by atoms with Gasteiger partial charge in [0.2, 0.25) is 0 Å². The van der Waals surface area contributed by atoms with Crippen LogP contribution in [-0.4, -0.2) is 46.4 Å². The van der Waals surface area contributed by atoms with Crippen LogP contribution < -0.4 is 9.80 Å². The van der Waals surface area contributed by atoms with Crippen molar-refractivity contribution in [2.45, 2.75) is 37.5 Å². The number of aryl methyl sites for hydroxylation is 1. The summed E-state index contributed by atoms with van der Waals surface area (Å²) in [4.78, 5) is 18.2. The van der Waals surface area contributed by atoms with Crippen LogP contribution in [0.5, 0.6) is 0 Å². The molecule has 3 fully saturated rings. The lowest BCUT2D eigenvalue weighted by Crippen LogP contribution is -2.69. The molecule has 5 heterocycles. The number of nitrogens with zero attached hydrogens (tertiary/aromatic N) is 6. The molecule has 0 N–H and O–H groups in total. The molecule has 7 heteroatoms. The first-order valence-electron chi connectivity index (χ1n) is 8.39. The van der Waals surface area contributed by atoms with Crippen molar-refractivity contribution in [2.75, 3.05) is 29.1 Å². The molecular weight excluding hydrogens is 332 g/mol. The Bertz CT molecular complexity index is 849. The number of hydrogen-bond donors (Lipinski definition) is 0. The predicted octanol–water partition coefficient (Wildman–Crippen LogP) is 2.55. The second kappa shape index (κ2) is 6.19. The maximum atomic E-state index is 9.08. The van der Waals surface area contributed by atoms with Gasteiger partial charge in [0.15, 0.2) is 5.16 Å². The van der Waals surface area contributed by atoms with Crippen LogP contribution in [0.3, 0.4) is 0 Å². The highest BCUT2D eigenvalue weighted by Gasteiger charge is 2.45. The van der Waals surface area contributed by atoms with Crippen LogP contribution in [0.25, 0.3) is 0 Å².